The smallest absolute Gasteiger partial charge is 0.103 e. The number of benzene rings is 3. The summed E-state index contributed by atoms with van der Waals surface area (Å²) in [5, 5.41) is 38.7. The third-order valence-corrected chi connectivity index (χ3v) is 7.75. The summed E-state index contributed by atoms with van der Waals surface area (Å²) < 4.78 is 9.76. The van der Waals surface area contributed by atoms with Crippen LogP contribution in [0.2, 0.25) is 5.02 Å². The molecule has 0 bridgehead atoms. The van der Waals surface area contributed by atoms with Gasteiger partial charge >= 0.3 is 0 Å². The number of pyridine rings is 1. The highest BCUT2D eigenvalue weighted by atomic mass is 35.5. The molecule has 2 atom stereocenters. The predicted molar refractivity (Wildman–Crippen MR) is 166 cm³/mol. The van der Waals surface area contributed by atoms with Crippen LogP contribution in [0, 0.1) is 34.0 Å². The first-order valence-corrected chi connectivity index (χ1v) is 14.3. The van der Waals surface area contributed by atoms with Gasteiger partial charge in [-0.3, -0.25) is 9.99 Å². The first kappa shape index (κ1) is 26.6. The van der Waals surface area contributed by atoms with Gasteiger partial charge in [0.1, 0.15) is 6.07 Å². The molecule has 1 fully saturated rings. The van der Waals surface area contributed by atoms with Crippen LogP contribution in [0.1, 0.15) is 61.4 Å². The van der Waals surface area contributed by atoms with Crippen molar-refractivity contribution in [1.82, 2.24) is 21.0 Å². The molecule has 212 valence electrons. The van der Waals surface area contributed by atoms with E-state index in [-0.39, 0.29) is 6.04 Å². The maximum absolute atomic E-state index is 10.1. The molecule has 6 rings (SSSR count). The van der Waals surface area contributed by atoms with E-state index in [2.05, 4.69) is 44.8 Å². The van der Waals surface area contributed by atoms with Crippen LogP contribution < -0.4 is 21.6 Å². The van der Waals surface area contributed by atoms with Crippen molar-refractivity contribution in [2.75, 3.05) is 10.6 Å². The lowest BCUT2D eigenvalue weighted by atomic mass is 9.99. The van der Waals surface area contributed by atoms with Gasteiger partial charge in [0.05, 0.1) is 58.6 Å². The Kier molecular flexibility index (Phi) is 7.62. The molecular weight excluding hydrogens is 558 g/mol. The van der Waals surface area contributed by atoms with E-state index in [0.29, 0.717) is 68.6 Å². The molecule has 1 aromatic heterocycles. The predicted octanol–water partition coefficient (Wildman–Crippen LogP) is 6.57. The molecule has 1 aliphatic heterocycles. The Labute approximate surface area is 256 Å². The van der Waals surface area contributed by atoms with Gasteiger partial charge in [0.15, 0.2) is 0 Å². The number of anilines is 2. The maximum Gasteiger partial charge on any atom is 0.103 e. The normalized spacial score (nSPS) is 16.5. The summed E-state index contributed by atoms with van der Waals surface area (Å²) in [7, 11) is 0. The maximum atomic E-state index is 10.1. The van der Waals surface area contributed by atoms with Crippen molar-refractivity contribution in [3.8, 4) is 18.2 Å². The first-order chi connectivity index (χ1) is 21.4. The van der Waals surface area contributed by atoms with Crippen molar-refractivity contribution in [1.29, 1.82) is 15.8 Å². The first-order valence-electron chi connectivity index (χ1n) is 14.5. The van der Waals surface area contributed by atoms with Crippen LogP contribution in [0.5, 0.6) is 0 Å². The lowest BCUT2D eigenvalue weighted by molar-refractivity contribution is 0.260. The average molecular weight is 587 g/mol. The second-order valence-corrected chi connectivity index (χ2v) is 10.8. The molecule has 4 aromatic rings. The van der Waals surface area contributed by atoms with E-state index >= 15 is 0 Å². The van der Waals surface area contributed by atoms with Gasteiger partial charge in [0, 0.05) is 35.9 Å². The monoisotopic (exact) mass is 586 g/mol. The molecule has 1 aliphatic carbocycles. The van der Waals surface area contributed by atoms with E-state index in [0.717, 1.165) is 18.4 Å². The SMILES string of the molecule is [2H][C@](Nc1cc(Cl)c2ncc(C#N)c(N[C@H](CCC#N)c3ccccc3)c2c1)(C1=CN(C2CC2)NN1)c1cccc(C#N)c1. The van der Waals surface area contributed by atoms with Crippen LogP contribution in [0.3, 0.4) is 0 Å². The molecule has 1 saturated carbocycles. The molecule has 3 aromatic carbocycles. The molecule has 4 N–H and O–H groups in total. The molecule has 2 aliphatic rings. The summed E-state index contributed by atoms with van der Waals surface area (Å²) in [5.41, 5.74) is 10.7. The third kappa shape index (κ3) is 6.03. The number of rotatable bonds is 10. The van der Waals surface area contributed by atoms with Gasteiger partial charge in [-0.1, -0.05) is 54.1 Å². The molecule has 0 saturated heterocycles. The molecule has 0 radical (unpaired) electrons. The van der Waals surface area contributed by atoms with E-state index in [1.807, 2.05) is 47.6 Å². The second kappa shape index (κ2) is 12.3. The highest BCUT2D eigenvalue weighted by Crippen LogP contribution is 2.38. The molecule has 9 nitrogen and oxygen atoms in total. The van der Waals surface area contributed by atoms with Crippen molar-refractivity contribution in [3.63, 3.8) is 0 Å². The van der Waals surface area contributed by atoms with E-state index in [1.54, 1.807) is 30.3 Å². The number of nitrogens with one attached hydrogen (secondary N) is 4. The van der Waals surface area contributed by atoms with Crippen LogP contribution in [-0.2, 0) is 0 Å². The van der Waals surface area contributed by atoms with Gasteiger partial charge in [-0.05, 0) is 54.7 Å². The van der Waals surface area contributed by atoms with Gasteiger partial charge in [-0.2, -0.15) is 15.8 Å². The average Bonchev–Trinajstić information content (AvgIpc) is 3.78. The largest absolute Gasteiger partial charge is 0.377 e. The van der Waals surface area contributed by atoms with Crippen LogP contribution >= 0.6 is 11.6 Å². The zero-order chi connectivity index (χ0) is 30.7. The van der Waals surface area contributed by atoms with Crippen molar-refractivity contribution >= 4 is 33.9 Å². The molecule has 10 heteroatoms. The number of nitriles is 3. The molecular formula is C33H28ClN9. The fourth-order valence-corrected chi connectivity index (χ4v) is 5.42. The molecule has 0 spiro atoms. The quantitative estimate of drug-likeness (QED) is 0.163. The Morgan fingerprint density at radius 1 is 1.02 bits per heavy atom. The Balaban J connectivity index is 1.45. The van der Waals surface area contributed by atoms with Crippen molar-refractivity contribution in [3.05, 3.63) is 112 Å². The minimum absolute atomic E-state index is 0.250. The number of halogens is 1. The zero-order valence-corrected chi connectivity index (χ0v) is 23.9. The number of aromatic nitrogens is 1. The number of hydrogen-bond acceptors (Lipinski definition) is 9. The standard InChI is InChI=1S/C33H28ClN9/c34-28-16-25(39-32(23-9-4-6-21(14-23)17-36)30-20-43(42-41-30)26-11-12-26)15-27-31(24(18-37)19-38-33(27)28)40-29(10-5-13-35)22-7-2-1-3-8-22/h1-4,6-9,14-16,19-20,26,29,32,39,41-42H,5,10-12H2,(H,38,40)/t29-,32-/m1/s1/i32D. The molecule has 0 unspecified atom stereocenters. The summed E-state index contributed by atoms with van der Waals surface area (Å²) in [5.74, 6) is 0. The van der Waals surface area contributed by atoms with Crippen LogP contribution in [-0.4, -0.2) is 16.0 Å². The molecule has 43 heavy (non-hydrogen) atoms. The number of hydrogen-bond donors (Lipinski definition) is 4. The van der Waals surface area contributed by atoms with Crippen LogP contribution in [0.15, 0.2) is 84.8 Å². The number of hydrazine groups is 2. The fraction of sp³-hybridized carbons (Fsp3) is 0.212. The Morgan fingerprint density at radius 3 is 2.58 bits per heavy atom. The summed E-state index contributed by atoms with van der Waals surface area (Å²) in [4.78, 5) is 4.49. The second-order valence-electron chi connectivity index (χ2n) is 10.4. The van der Waals surface area contributed by atoms with E-state index in [1.165, 1.54) is 6.20 Å². The van der Waals surface area contributed by atoms with Crippen molar-refractivity contribution < 1.29 is 1.37 Å². The zero-order valence-electron chi connectivity index (χ0n) is 24.1. The Morgan fingerprint density at radius 2 is 1.84 bits per heavy atom. The Hall–Kier alpha value is -5.27. The van der Waals surface area contributed by atoms with E-state index in [9.17, 15) is 17.2 Å². The minimum atomic E-state index is -1.55. The topological polar surface area (TPSA) is 136 Å². The Bertz CT molecular complexity index is 1870. The summed E-state index contributed by atoms with van der Waals surface area (Å²) >= 11 is 6.81. The third-order valence-electron chi connectivity index (χ3n) is 7.46. The summed E-state index contributed by atoms with van der Waals surface area (Å²) in [6, 6.07) is 25.4. The lowest BCUT2D eigenvalue weighted by Crippen LogP contribution is -2.38. The van der Waals surface area contributed by atoms with Crippen LogP contribution in [0.25, 0.3) is 10.9 Å². The minimum Gasteiger partial charge on any atom is -0.377 e. The number of fused-ring (bicyclic) bond motifs is 1. The van der Waals surface area contributed by atoms with E-state index in [4.69, 9.17) is 11.6 Å². The van der Waals surface area contributed by atoms with Crippen LogP contribution in [0.4, 0.5) is 11.4 Å². The summed E-state index contributed by atoms with van der Waals surface area (Å²) in [6.45, 7) is 0. The lowest BCUT2D eigenvalue weighted by Gasteiger charge is -2.24. The number of nitrogens with zero attached hydrogens (tertiary/aromatic N) is 5. The summed E-state index contributed by atoms with van der Waals surface area (Å²) in [6.07, 6.45) is 6.33. The van der Waals surface area contributed by atoms with Gasteiger partial charge in [0.2, 0.25) is 0 Å². The molecule has 2 heterocycles. The van der Waals surface area contributed by atoms with Crippen molar-refractivity contribution in [2.45, 2.75) is 43.8 Å². The fourth-order valence-electron chi connectivity index (χ4n) is 5.15. The highest BCUT2D eigenvalue weighted by molar-refractivity contribution is 6.35. The van der Waals surface area contributed by atoms with E-state index < -0.39 is 6.02 Å². The van der Waals surface area contributed by atoms with Gasteiger partial charge in [-0.25, -0.2) is 0 Å². The highest BCUT2D eigenvalue weighted by Gasteiger charge is 2.32. The molecule has 0 amide bonds. The van der Waals surface area contributed by atoms with Gasteiger partial charge < -0.3 is 16.1 Å². The van der Waals surface area contributed by atoms with Crippen molar-refractivity contribution in [2.24, 2.45) is 0 Å². The van der Waals surface area contributed by atoms with Gasteiger partial charge in [0.25, 0.3) is 0 Å². The van der Waals surface area contributed by atoms with Gasteiger partial charge in [-0.15, -0.1) is 5.53 Å².